The van der Waals surface area contributed by atoms with E-state index in [1.54, 1.807) is 20.8 Å². The van der Waals surface area contributed by atoms with Gasteiger partial charge in [0.25, 0.3) is 0 Å². The molecule has 1 aliphatic heterocycles. The normalized spacial score (nSPS) is 16.5. The first-order chi connectivity index (χ1) is 6.92. The van der Waals surface area contributed by atoms with E-state index in [1.165, 1.54) is 11.8 Å². The van der Waals surface area contributed by atoms with Crippen LogP contribution in [-0.4, -0.2) is 23.7 Å². The van der Waals surface area contributed by atoms with Gasteiger partial charge in [-0.25, -0.2) is 4.79 Å². The Morgan fingerprint density at radius 3 is 2.73 bits per heavy atom. The van der Waals surface area contributed by atoms with Crippen LogP contribution >= 0.6 is 11.8 Å². The number of hydrogen-bond donors (Lipinski definition) is 1. The number of hydrogen-bond acceptors (Lipinski definition) is 4. The molecule has 1 aliphatic rings. The van der Waals surface area contributed by atoms with Crippen molar-refractivity contribution in [3.63, 3.8) is 0 Å². The van der Waals surface area contributed by atoms with Crippen LogP contribution in [0.2, 0.25) is 0 Å². The summed E-state index contributed by atoms with van der Waals surface area (Å²) in [5.74, 6) is 0.833. The average molecular weight is 229 g/mol. The molecule has 0 aliphatic carbocycles. The first kappa shape index (κ1) is 12.1. The summed E-state index contributed by atoms with van der Waals surface area (Å²) in [7, 11) is 0. The maximum absolute atomic E-state index is 11.4. The van der Waals surface area contributed by atoms with Crippen LogP contribution in [0, 0.1) is 0 Å². The number of thioether (sulfide) groups is 1. The van der Waals surface area contributed by atoms with E-state index in [0.717, 1.165) is 12.0 Å². The second kappa shape index (κ2) is 4.70. The van der Waals surface area contributed by atoms with E-state index in [0.29, 0.717) is 17.0 Å². The third-order valence-corrected chi connectivity index (χ3v) is 2.73. The lowest BCUT2D eigenvalue weighted by Gasteiger charge is -2.20. The summed E-state index contributed by atoms with van der Waals surface area (Å²) in [4.78, 5) is 22.6. The third kappa shape index (κ3) is 3.95. The predicted molar refractivity (Wildman–Crippen MR) is 59.5 cm³/mol. The maximum Gasteiger partial charge on any atom is 0.411 e. The molecule has 0 radical (unpaired) electrons. The number of allylic oxidation sites excluding steroid dienone is 2. The molecule has 1 amide bonds. The molecule has 4 nitrogen and oxygen atoms in total. The first-order valence-electron chi connectivity index (χ1n) is 4.73. The number of ether oxygens (including phenoxy) is 1. The minimum absolute atomic E-state index is 0.501. The van der Waals surface area contributed by atoms with E-state index in [-0.39, 0.29) is 0 Å². The first-order valence-corrected chi connectivity index (χ1v) is 5.72. The average Bonchev–Trinajstić information content (AvgIpc) is 2.48. The highest BCUT2D eigenvalue weighted by Crippen LogP contribution is 2.28. The van der Waals surface area contributed by atoms with E-state index < -0.39 is 11.7 Å². The Hall–Kier alpha value is -0.970. The Morgan fingerprint density at radius 2 is 2.20 bits per heavy atom. The lowest BCUT2D eigenvalue weighted by atomic mass is 10.2. The van der Waals surface area contributed by atoms with Crippen molar-refractivity contribution in [1.82, 2.24) is 5.32 Å². The van der Waals surface area contributed by atoms with Gasteiger partial charge in [0.05, 0.1) is 4.91 Å². The summed E-state index contributed by atoms with van der Waals surface area (Å²) in [6, 6.07) is 0. The quantitative estimate of drug-likeness (QED) is 0.736. The van der Waals surface area contributed by atoms with Crippen LogP contribution in [0.5, 0.6) is 0 Å². The molecule has 0 aromatic rings. The molecule has 0 spiro atoms. The maximum atomic E-state index is 11.4. The van der Waals surface area contributed by atoms with Crippen LogP contribution in [0.15, 0.2) is 10.6 Å². The van der Waals surface area contributed by atoms with E-state index in [1.807, 2.05) is 0 Å². The molecule has 0 fully saturated rings. The fourth-order valence-corrected chi connectivity index (χ4v) is 2.05. The fraction of sp³-hybridized carbons (Fsp3) is 0.600. The second-order valence-corrected chi connectivity index (χ2v) is 5.32. The van der Waals surface area contributed by atoms with Gasteiger partial charge >= 0.3 is 6.09 Å². The largest absolute Gasteiger partial charge is 0.444 e. The van der Waals surface area contributed by atoms with Gasteiger partial charge in [-0.1, -0.05) is 0 Å². The van der Waals surface area contributed by atoms with Gasteiger partial charge in [0.2, 0.25) is 0 Å². The summed E-state index contributed by atoms with van der Waals surface area (Å²) in [5, 5.41) is 2.60. The van der Waals surface area contributed by atoms with Gasteiger partial charge in [0, 0.05) is 11.4 Å². The smallest absolute Gasteiger partial charge is 0.411 e. The van der Waals surface area contributed by atoms with E-state index in [4.69, 9.17) is 4.74 Å². The lowest BCUT2D eigenvalue weighted by molar-refractivity contribution is -0.104. The SMILES string of the molecule is CC(C)(C)OC(=O)NC1=C(C=O)SCC1. The van der Waals surface area contributed by atoms with E-state index >= 15 is 0 Å². The van der Waals surface area contributed by atoms with Crippen LogP contribution < -0.4 is 5.32 Å². The Kier molecular flexibility index (Phi) is 3.79. The molecule has 0 bridgehead atoms. The van der Waals surface area contributed by atoms with Crippen molar-refractivity contribution >= 4 is 24.1 Å². The van der Waals surface area contributed by atoms with Crippen molar-refractivity contribution in [2.75, 3.05) is 5.75 Å². The minimum Gasteiger partial charge on any atom is -0.444 e. The molecule has 0 saturated carbocycles. The molecule has 0 atom stereocenters. The highest BCUT2D eigenvalue weighted by Gasteiger charge is 2.20. The number of alkyl carbamates (subject to hydrolysis) is 1. The molecule has 0 aromatic carbocycles. The molecule has 5 heteroatoms. The number of aldehydes is 1. The van der Waals surface area contributed by atoms with Crippen molar-refractivity contribution in [1.29, 1.82) is 0 Å². The van der Waals surface area contributed by atoms with Crippen molar-refractivity contribution in [2.24, 2.45) is 0 Å². The predicted octanol–water partition coefficient (Wildman–Crippen LogP) is 2.06. The van der Waals surface area contributed by atoms with Crippen LogP contribution in [0.4, 0.5) is 4.79 Å². The molecule has 0 saturated heterocycles. The molecule has 15 heavy (non-hydrogen) atoms. The van der Waals surface area contributed by atoms with E-state index in [9.17, 15) is 9.59 Å². The topological polar surface area (TPSA) is 55.4 Å². The monoisotopic (exact) mass is 229 g/mol. The summed E-state index contributed by atoms with van der Waals surface area (Å²) < 4.78 is 5.08. The number of carbonyl (C=O) groups excluding carboxylic acids is 2. The lowest BCUT2D eigenvalue weighted by Crippen LogP contribution is -2.32. The fourth-order valence-electron chi connectivity index (χ4n) is 1.13. The Balaban J connectivity index is 2.55. The van der Waals surface area contributed by atoms with Crippen LogP contribution in [-0.2, 0) is 9.53 Å². The molecule has 0 aromatic heterocycles. The van der Waals surface area contributed by atoms with Crippen LogP contribution in [0.25, 0.3) is 0 Å². The number of rotatable bonds is 2. The van der Waals surface area contributed by atoms with Gasteiger partial charge in [-0.2, -0.15) is 0 Å². The van der Waals surface area contributed by atoms with Crippen molar-refractivity contribution in [3.05, 3.63) is 10.6 Å². The van der Waals surface area contributed by atoms with Gasteiger partial charge in [-0.15, -0.1) is 11.8 Å². The van der Waals surface area contributed by atoms with Crippen LogP contribution in [0.1, 0.15) is 27.2 Å². The zero-order valence-corrected chi connectivity index (χ0v) is 9.94. The molecule has 84 valence electrons. The molecular formula is C10H15NO3S. The summed E-state index contributed by atoms with van der Waals surface area (Å²) >= 11 is 1.45. The van der Waals surface area contributed by atoms with Crippen molar-refractivity contribution < 1.29 is 14.3 Å². The van der Waals surface area contributed by atoms with Gasteiger partial charge in [0.1, 0.15) is 5.60 Å². The highest BCUT2D eigenvalue weighted by molar-refractivity contribution is 8.04. The van der Waals surface area contributed by atoms with Gasteiger partial charge in [-0.3, -0.25) is 10.1 Å². The Morgan fingerprint density at radius 1 is 1.53 bits per heavy atom. The molecule has 1 rings (SSSR count). The number of carbonyl (C=O) groups is 2. The highest BCUT2D eigenvalue weighted by atomic mass is 32.2. The third-order valence-electron chi connectivity index (χ3n) is 1.67. The summed E-state index contributed by atoms with van der Waals surface area (Å²) in [5.41, 5.74) is 0.154. The molecule has 1 heterocycles. The Labute approximate surface area is 93.4 Å². The second-order valence-electron chi connectivity index (χ2n) is 4.19. The molecule has 0 unspecified atom stereocenters. The van der Waals surface area contributed by atoms with Gasteiger partial charge < -0.3 is 4.74 Å². The zero-order valence-electron chi connectivity index (χ0n) is 9.12. The molecular weight excluding hydrogens is 214 g/mol. The van der Waals surface area contributed by atoms with Crippen molar-refractivity contribution in [3.8, 4) is 0 Å². The summed E-state index contributed by atoms with van der Waals surface area (Å²) in [6.45, 7) is 5.39. The van der Waals surface area contributed by atoms with Gasteiger partial charge in [-0.05, 0) is 27.2 Å². The Bertz CT molecular complexity index is 304. The number of amides is 1. The van der Waals surface area contributed by atoms with Gasteiger partial charge in [0.15, 0.2) is 6.29 Å². The van der Waals surface area contributed by atoms with Crippen LogP contribution in [0.3, 0.4) is 0 Å². The minimum atomic E-state index is -0.516. The zero-order chi connectivity index (χ0) is 11.5. The number of nitrogens with one attached hydrogen (secondary N) is 1. The standard InChI is InChI=1S/C10H15NO3S/c1-10(2,3)14-9(13)11-7-4-5-15-8(7)6-12/h6H,4-5H2,1-3H3,(H,11,13). The molecule has 1 N–H and O–H groups in total. The summed E-state index contributed by atoms with van der Waals surface area (Å²) in [6.07, 6.45) is 0.974. The van der Waals surface area contributed by atoms with Crippen molar-refractivity contribution in [2.45, 2.75) is 32.8 Å². The van der Waals surface area contributed by atoms with E-state index in [2.05, 4.69) is 5.32 Å².